The predicted molar refractivity (Wildman–Crippen MR) is 65.6 cm³/mol. The summed E-state index contributed by atoms with van der Waals surface area (Å²) >= 11 is 0. The van der Waals surface area contributed by atoms with Crippen LogP contribution in [0.5, 0.6) is 0 Å². The molecule has 0 aliphatic carbocycles. The van der Waals surface area contributed by atoms with Gasteiger partial charge in [-0.15, -0.1) is 0 Å². The van der Waals surface area contributed by atoms with Crippen LogP contribution in [0.2, 0.25) is 0 Å². The minimum atomic E-state index is -0.355. The zero-order valence-electron chi connectivity index (χ0n) is 10.4. The summed E-state index contributed by atoms with van der Waals surface area (Å²) in [6.45, 7) is 5.67. The molecule has 1 aromatic rings. The Morgan fingerprint density at radius 3 is 2.65 bits per heavy atom. The molecule has 1 amide bonds. The van der Waals surface area contributed by atoms with Gasteiger partial charge in [-0.2, -0.15) is 5.10 Å². The summed E-state index contributed by atoms with van der Waals surface area (Å²) in [7, 11) is 0. The summed E-state index contributed by atoms with van der Waals surface area (Å²) in [5.74, 6) is -0.207. The van der Waals surface area contributed by atoms with Crippen molar-refractivity contribution in [1.29, 1.82) is 0 Å². The van der Waals surface area contributed by atoms with Gasteiger partial charge in [0.05, 0.1) is 24.0 Å². The second-order valence-corrected chi connectivity index (χ2v) is 4.32. The summed E-state index contributed by atoms with van der Waals surface area (Å²) in [4.78, 5) is 11.9. The summed E-state index contributed by atoms with van der Waals surface area (Å²) in [5.41, 5.74) is 7.12. The highest BCUT2D eigenvalue weighted by Gasteiger charge is 2.21. The number of nitrogens with two attached hydrogens (primary N) is 1. The highest BCUT2D eigenvalue weighted by molar-refractivity contribution is 5.97. The molecule has 0 fully saturated rings. The second-order valence-electron chi connectivity index (χ2n) is 4.32. The van der Waals surface area contributed by atoms with Crippen molar-refractivity contribution in [2.75, 3.05) is 12.3 Å². The number of rotatable bonds is 5. The molecule has 0 radical (unpaired) electrons. The zero-order chi connectivity index (χ0) is 13.0. The zero-order valence-corrected chi connectivity index (χ0v) is 10.4. The van der Waals surface area contributed by atoms with Gasteiger partial charge in [0.25, 0.3) is 5.91 Å². The highest BCUT2D eigenvalue weighted by atomic mass is 16.3. The van der Waals surface area contributed by atoms with Gasteiger partial charge < -0.3 is 16.2 Å². The van der Waals surface area contributed by atoms with Gasteiger partial charge >= 0.3 is 0 Å². The topological polar surface area (TPSA) is 104 Å². The third-order valence-electron chi connectivity index (χ3n) is 2.77. The lowest BCUT2D eigenvalue weighted by Crippen LogP contribution is -2.41. The molecule has 0 saturated heterocycles. The third kappa shape index (κ3) is 2.97. The number of hydrogen-bond acceptors (Lipinski definition) is 4. The van der Waals surface area contributed by atoms with Gasteiger partial charge in [0.2, 0.25) is 0 Å². The molecule has 0 bridgehead atoms. The average molecular weight is 240 g/mol. The van der Waals surface area contributed by atoms with E-state index in [1.165, 1.54) is 0 Å². The molecule has 6 nitrogen and oxygen atoms in total. The fourth-order valence-corrected chi connectivity index (χ4v) is 1.49. The number of nitrogen functional groups attached to an aromatic ring is 1. The van der Waals surface area contributed by atoms with Gasteiger partial charge in [-0.05, 0) is 12.3 Å². The first-order valence-electron chi connectivity index (χ1n) is 5.75. The van der Waals surface area contributed by atoms with Crippen LogP contribution in [-0.2, 0) is 6.42 Å². The molecular formula is C11H20N4O2. The van der Waals surface area contributed by atoms with Crippen molar-refractivity contribution >= 4 is 11.6 Å². The van der Waals surface area contributed by atoms with E-state index < -0.39 is 0 Å². The number of aliphatic hydroxyl groups is 1. The van der Waals surface area contributed by atoms with E-state index in [0.717, 1.165) is 5.69 Å². The molecule has 96 valence electrons. The fourth-order valence-electron chi connectivity index (χ4n) is 1.49. The number of carbonyl (C=O) groups is 1. The van der Waals surface area contributed by atoms with Gasteiger partial charge in [0.1, 0.15) is 0 Å². The molecule has 0 aromatic carbocycles. The number of aryl methyl sites for hydroxylation is 1. The van der Waals surface area contributed by atoms with Crippen LogP contribution in [0.1, 0.15) is 37.0 Å². The molecule has 1 aromatic heterocycles. The van der Waals surface area contributed by atoms with Crippen LogP contribution in [0.3, 0.4) is 0 Å². The summed E-state index contributed by atoms with van der Waals surface area (Å²) in [5, 5.41) is 18.5. The molecule has 1 rings (SSSR count). The molecule has 1 atom stereocenters. The van der Waals surface area contributed by atoms with Gasteiger partial charge in [-0.3, -0.25) is 9.89 Å². The Morgan fingerprint density at radius 2 is 2.24 bits per heavy atom. The predicted octanol–water partition coefficient (Wildman–Crippen LogP) is 0.301. The first-order valence-corrected chi connectivity index (χ1v) is 5.75. The molecule has 0 unspecified atom stereocenters. The quantitative estimate of drug-likeness (QED) is 0.594. The Kier molecular flexibility index (Phi) is 4.51. The molecular weight excluding hydrogens is 220 g/mol. The number of anilines is 1. The van der Waals surface area contributed by atoms with Gasteiger partial charge in [-0.1, -0.05) is 20.8 Å². The lowest BCUT2D eigenvalue weighted by atomic mass is 10.1. The number of nitrogens with zero attached hydrogens (tertiary/aromatic N) is 1. The van der Waals surface area contributed by atoms with Crippen molar-refractivity contribution in [1.82, 2.24) is 15.5 Å². The smallest absolute Gasteiger partial charge is 0.274 e. The largest absolute Gasteiger partial charge is 0.395 e. The Morgan fingerprint density at radius 1 is 1.59 bits per heavy atom. The Hall–Kier alpha value is -1.56. The number of carbonyl (C=O) groups excluding carboxylic acids is 1. The van der Waals surface area contributed by atoms with Crippen molar-refractivity contribution < 1.29 is 9.90 Å². The van der Waals surface area contributed by atoms with Crippen molar-refractivity contribution in [3.63, 3.8) is 0 Å². The van der Waals surface area contributed by atoms with Crippen LogP contribution in [-0.4, -0.2) is 33.9 Å². The van der Waals surface area contributed by atoms with E-state index in [1.54, 1.807) is 0 Å². The third-order valence-corrected chi connectivity index (χ3v) is 2.77. The van der Waals surface area contributed by atoms with Crippen LogP contribution in [0, 0.1) is 5.92 Å². The number of aliphatic hydroxyl groups excluding tert-OH is 1. The van der Waals surface area contributed by atoms with Crippen LogP contribution in [0.4, 0.5) is 5.69 Å². The first kappa shape index (κ1) is 13.5. The Bertz CT molecular complexity index is 387. The monoisotopic (exact) mass is 240 g/mol. The van der Waals surface area contributed by atoms with E-state index in [-0.39, 0.29) is 30.2 Å². The maximum Gasteiger partial charge on any atom is 0.274 e. The van der Waals surface area contributed by atoms with Crippen LogP contribution >= 0.6 is 0 Å². The van der Waals surface area contributed by atoms with Crippen LogP contribution < -0.4 is 11.1 Å². The summed E-state index contributed by atoms with van der Waals surface area (Å²) < 4.78 is 0. The van der Waals surface area contributed by atoms with Crippen LogP contribution in [0.15, 0.2) is 0 Å². The first-order chi connectivity index (χ1) is 8.01. The number of nitrogens with one attached hydrogen (secondary N) is 2. The maximum atomic E-state index is 11.9. The van der Waals surface area contributed by atoms with Crippen molar-refractivity contribution in [2.45, 2.75) is 33.2 Å². The molecule has 0 aliphatic heterocycles. The van der Waals surface area contributed by atoms with E-state index in [9.17, 15) is 4.79 Å². The van der Waals surface area contributed by atoms with Crippen molar-refractivity contribution in [3.8, 4) is 0 Å². The summed E-state index contributed by atoms with van der Waals surface area (Å²) in [6.07, 6.45) is 0.694. The Balaban J connectivity index is 2.79. The molecule has 6 heteroatoms. The second kappa shape index (κ2) is 5.67. The van der Waals surface area contributed by atoms with Crippen LogP contribution in [0.25, 0.3) is 0 Å². The lowest BCUT2D eigenvalue weighted by molar-refractivity contribution is 0.0892. The number of hydrogen-bond donors (Lipinski definition) is 4. The molecule has 0 saturated carbocycles. The SMILES string of the molecule is CCc1[nH]nc(C(=O)N[C@H](CO)C(C)C)c1N. The van der Waals surface area contributed by atoms with Gasteiger partial charge in [-0.25, -0.2) is 0 Å². The molecule has 17 heavy (non-hydrogen) atoms. The maximum absolute atomic E-state index is 11.9. The minimum absolute atomic E-state index is 0.103. The molecule has 0 spiro atoms. The van der Waals surface area contributed by atoms with E-state index in [4.69, 9.17) is 10.8 Å². The minimum Gasteiger partial charge on any atom is -0.395 e. The van der Waals surface area contributed by atoms with E-state index in [1.807, 2.05) is 20.8 Å². The van der Waals surface area contributed by atoms with Gasteiger partial charge in [0.15, 0.2) is 5.69 Å². The van der Waals surface area contributed by atoms with E-state index in [0.29, 0.717) is 12.1 Å². The molecule has 0 aliphatic rings. The van der Waals surface area contributed by atoms with Crippen molar-refractivity contribution in [2.24, 2.45) is 5.92 Å². The normalized spacial score (nSPS) is 12.8. The fraction of sp³-hybridized carbons (Fsp3) is 0.636. The van der Waals surface area contributed by atoms with Gasteiger partial charge in [0, 0.05) is 0 Å². The summed E-state index contributed by atoms with van der Waals surface area (Å²) in [6, 6.07) is -0.288. The van der Waals surface area contributed by atoms with E-state index in [2.05, 4.69) is 15.5 Å². The number of amides is 1. The number of aromatic amines is 1. The number of H-pyrrole nitrogens is 1. The van der Waals surface area contributed by atoms with Crippen molar-refractivity contribution in [3.05, 3.63) is 11.4 Å². The van der Waals surface area contributed by atoms with E-state index >= 15 is 0 Å². The highest BCUT2D eigenvalue weighted by Crippen LogP contribution is 2.14. The average Bonchev–Trinajstić information content (AvgIpc) is 2.66. The lowest BCUT2D eigenvalue weighted by Gasteiger charge is -2.19. The standard InChI is InChI=1S/C11H20N4O2/c1-4-7-9(12)10(15-14-7)11(17)13-8(5-16)6(2)3/h6,8,16H,4-5,12H2,1-3H3,(H,13,17)(H,14,15)/t8-/m1/s1. The molecule has 5 N–H and O–H groups in total. The molecule has 1 heterocycles. The Labute approximate surface area is 101 Å². The number of aromatic nitrogens is 2.